The second-order valence-electron chi connectivity index (χ2n) is 12.1. The van der Waals surface area contributed by atoms with Crippen LogP contribution in [0.4, 0.5) is 5.69 Å². The van der Waals surface area contributed by atoms with Crippen LogP contribution in [0.1, 0.15) is 92.5 Å². The second kappa shape index (κ2) is 13.4. The predicted molar refractivity (Wildman–Crippen MR) is 156 cm³/mol. The molecule has 0 aromatic heterocycles. The van der Waals surface area contributed by atoms with Gasteiger partial charge in [0.2, 0.25) is 0 Å². The summed E-state index contributed by atoms with van der Waals surface area (Å²) in [6.07, 6.45) is 11.8. The zero-order valence-corrected chi connectivity index (χ0v) is 23.5. The number of hydrogen-bond acceptors (Lipinski definition) is 5. The highest BCUT2D eigenvalue weighted by atomic mass is 16.5. The van der Waals surface area contributed by atoms with Crippen LogP contribution >= 0.6 is 0 Å². The van der Waals surface area contributed by atoms with Crippen LogP contribution in [0.3, 0.4) is 0 Å². The van der Waals surface area contributed by atoms with Gasteiger partial charge in [0.1, 0.15) is 11.5 Å². The molecule has 1 aliphatic heterocycles. The third kappa shape index (κ3) is 7.70. The number of benzene rings is 2. The SMILES string of the molecule is O=C(O)CC(c1cccc(OCC2CCN(c3cc(O)ccc3C(=O)NCCC3CCCCC3)CC2)c1)C1CC1. The summed E-state index contributed by atoms with van der Waals surface area (Å²) in [5.74, 6) is 1.81. The minimum Gasteiger partial charge on any atom is -0.508 e. The highest BCUT2D eigenvalue weighted by Crippen LogP contribution is 2.45. The average Bonchev–Trinajstić information content (AvgIpc) is 3.81. The highest BCUT2D eigenvalue weighted by Gasteiger charge is 2.34. The number of phenolic OH excluding ortho intramolecular Hbond substituents is 1. The van der Waals surface area contributed by atoms with E-state index in [0.29, 0.717) is 30.6 Å². The molecule has 2 aliphatic carbocycles. The molecule has 1 heterocycles. The Kier molecular flexibility index (Phi) is 9.50. The first-order chi connectivity index (χ1) is 19.5. The molecule has 40 heavy (non-hydrogen) atoms. The number of nitrogens with one attached hydrogen (secondary N) is 1. The molecule has 0 spiro atoms. The molecule has 1 atom stereocenters. The number of phenols is 1. The van der Waals surface area contributed by atoms with Crippen LogP contribution in [0.2, 0.25) is 0 Å². The number of carboxylic acids is 1. The van der Waals surface area contributed by atoms with E-state index in [1.165, 1.54) is 32.1 Å². The summed E-state index contributed by atoms with van der Waals surface area (Å²) in [5.41, 5.74) is 2.48. The fourth-order valence-corrected chi connectivity index (χ4v) is 6.57. The van der Waals surface area contributed by atoms with Crippen LogP contribution in [0.15, 0.2) is 42.5 Å². The van der Waals surface area contributed by atoms with Gasteiger partial charge in [-0.3, -0.25) is 9.59 Å². The van der Waals surface area contributed by atoms with Crippen molar-refractivity contribution in [3.63, 3.8) is 0 Å². The quantitative estimate of drug-likeness (QED) is 0.286. The summed E-state index contributed by atoms with van der Waals surface area (Å²) in [4.78, 5) is 26.7. The molecule has 5 rings (SSSR count). The standard InChI is InChI=1S/C33H44N2O5/c36-27-11-12-29(33(39)34-16-13-23-5-2-1-3-6-23)31(20-27)35-17-14-24(15-18-35)22-40-28-8-4-7-26(19-28)30(21-32(37)38)25-9-10-25/h4,7-8,11-12,19-20,23-25,30,36H,1-3,5-6,9-10,13-18,21-22H2,(H,34,39)(H,37,38). The van der Waals surface area contributed by atoms with Crippen molar-refractivity contribution < 1.29 is 24.5 Å². The van der Waals surface area contributed by atoms with Gasteiger partial charge in [0.15, 0.2) is 0 Å². The van der Waals surface area contributed by atoms with E-state index in [-0.39, 0.29) is 24.0 Å². The van der Waals surface area contributed by atoms with Crippen molar-refractivity contribution in [3.05, 3.63) is 53.6 Å². The van der Waals surface area contributed by atoms with Crippen molar-refractivity contribution in [2.45, 2.75) is 76.5 Å². The smallest absolute Gasteiger partial charge is 0.303 e. The molecule has 1 saturated heterocycles. The molecule has 0 radical (unpaired) electrons. The van der Waals surface area contributed by atoms with Gasteiger partial charge in [0.25, 0.3) is 5.91 Å². The highest BCUT2D eigenvalue weighted by molar-refractivity contribution is 6.00. The van der Waals surface area contributed by atoms with E-state index < -0.39 is 5.97 Å². The van der Waals surface area contributed by atoms with E-state index in [9.17, 15) is 19.8 Å². The van der Waals surface area contributed by atoms with Crippen molar-refractivity contribution >= 4 is 17.6 Å². The maximum atomic E-state index is 13.1. The fourth-order valence-electron chi connectivity index (χ4n) is 6.57. The number of amides is 1. The van der Waals surface area contributed by atoms with Gasteiger partial charge in [0.05, 0.1) is 24.3 Å². The zero-order valence-electron chi connectivity index (χ0n) is 23.5. The van der Waals surface area contributed by atoms with Crippen LogP contribution < -0.4 is 15.0 Å². The number of rotatable bonds is 12. The number of aliphatic carboxylic acids is 1. The van der Waals surface area contributed by atoms with Gasteiger partial charge in [-0.05, 0) is 85.6 Å². The van der Waals surface area contributed by atoms with E-state index in [1.807, 2.05) is 24.3 Å². The van der Waals surface area contributed by atoms with E-state index >= 15 is 0 Å². The Labute approximate surface area is 237 Å². The Morgan fingerprint density at radius 1 is 0.950 bits per heavy atom. The van der Waals surface area contributed by atoms with E-state index in [2.05, 4.69) is 10.2 Å². The monoisotopic (exact) mass is 548 g/mol. The van der Waals surface area contributed by atoms with Crippen molar-refractivity contribution in [3.8, 4) is 11.5 Å². The first kappa shape index (κ1) is 28.3. The van der Waals surface area contributed by atoms with Crippen molar-refractivity contribution in [1.29, 1.82) is 0 Å². The molecular weight excluding hydrogens is 504 g/mol. The van der Waals surface area contributed by atoms with E-state index in [0.717, 1.165) is 68.1 Å². The number of anilines is 1. The molecule has 3 fully saturated rings. The number of ether oxygens (including phenoxy) is 1. The molecular formula is C33H44N2O5. The Hall–Kier alpha value is -3.22. The predicted octanol–water partition coefficient (Wildman–Crippen LogP) is 6.36. The summed E-state index contributed by atoms with van der Waals surface area (Å²) in [7, 11) is 0. The van der Waals surface area contributed by atoms with E-state index in [1.54, 1.807) is 18.2 Å². The van der Waals surface area contributed by atoms with Gasteiger partial charge < -0.3 is 25.2 Å². The summed E-state index contributed by atoms with van der Waals surface area (Å²) >= 11 is 0. The third-order valence-corrected chi connectivity index (χ3v) is 9.10. The number of hydrogen-bond donors (Lipinski definition) is 3. The molecule has 7 heteroatoms. The Morgan fingerprint density at radius 2 is 1.73 bits per heavy atom. The fraction of sp³-hybridized carbons (Fsp3) is 0.576. The maximum absolute atomic E-state index is 13.1. The normalized spacial score (nSPS) is 19.2. The number of carboxylic acid groups (broad SMARTS) is 1. The van der Waals surface area contributed by atoms with Gasteiger partial charge in [0, 0.05) is 25.7 Å². The first-order valence-electron chi connectivity index (χ1n) is 15.3. The molecule has 2 aromatic carbocycles. The molecule has 1 amide bonds. The lowest BCUT2D eigenvalue weighted by atomic mass is 9.87. The summed E-state index contributed by atoms with van der Waals surface area (Å²) in [6.45, 7) is 2.89. The topological polar surface area (TPSA) is 99.1 Å². The second-order valence-corrected chi connectivity index (χ2v) is 12.1. The van der Waals surface area contributed by atoms with Crippen molar-refractivity contribution in [2.24, 2.45) is 17.8 Å². The lowest BCUT2D eigenvalue weighted by molar-refractivity contribution is -0.137. The number of carbonyl (C=O) groups excluding carboxylic acids is 1. The zero-order chi connectivity index (χ0) is 27.9. The van der Waals surface area contributed by atoms with Crippen molar-refractivity contribution in [2.75, 3.05) is 31.1 Å². The molecule has 0 bridgehead atoms. The molecule has 1 unspecified atom stereocenters. The number of carbonyl (C=O) groups is 2. The number of aromatic hydroxyl groups is 1. The molecule has 216 valence electrons. The van der Waals surface area contributed by atoms with Crippen LogP contribution in [0.25, 0.3) is 0 Å². The van der Waals surface area contributed by atoms with Gasteiger partial charge in [-0.15, -0.1) is 0 Å². The average molecular weight is 549 g/mol. The van der Waals surface area contributed by atoms with E-state index in [4.69, 9.17) is 4.74 Å². The molecule has 7 nitrogen and oxygen atoms in total. The summed E-state index contributed by atoms with van der Waals surface area (Å²) < 4.78 is 6.19. The Bertz CT molecular complexity index is 1150. The number of nitrogens with zero attached hydrogens (tertiary/aromatic N) is 1. The maximum Gasteiger partial charge on any atom is 0.303 e. The molecule has 2 aromatic rings. The van der Waals surface area contributed by atoms with Gasteiger partial charge >= 0.3 is 5.97 Å². The Morgan fingerprint density at radius 3 is 2.45 bits per heavy atom. The van der Waals surface area contributed by atoms with Gasteiger partial charge in [-0.1, -0.05) is 44.2 Å². The largest absolute Gasteiger partial charge is 0.508 e. The van der Waals surface area contributed by atoms with Crippen LogP contribution in [0, 0.1) is 17.8 Å². The minimum absolute atomic E-state index is 0.0604. The molecule has 2 saturated carbocycles. The van der Waals surface area contributed by atoms with Crippen LogP contribution in [-0.2, 0) is 4.79 Å². The van der Waals surface area contributed by atoms with Crippen LogP contribution in [-0.4, -0.2) is 48.3 Å². The number of piperidine rings is 1. The third-order valence-electron chi connectivity index (χ3n) is 9.10. The van der Waals surface area contributed by atoms with Crippen molar-refractivity contribution in [1.82, 2.24) is 5.32 Å². The first-order valence-corrected chi connectivity index (χ1v) is 15.3. The lowest BCUT2D eigenvalue weighted by Gasteiger charge is -2.34. The minimum atomic E-state index is -0.748. The van der Waals surface area contributed by atoms with Gasteiger partial charge in [-0.25, -0.2) is 0 Å². The van der Waals surface area contributed by atoms with Gasteiger partial charge in [-0.2, -0.15) is 0 Å². The molecule has 3 aliphatic rings. The Balaban J connectivity index is 1.12. The summed E-state index contributed by atoms with van der Waals surface area (Å²) in [6, 6.07) is 13.0. The lowest BCUT2D eigenvalue weighted by Crippen LogP contribution is -2.37. The summed E-state index contributed by atoms with van der Waals surface area (Å²) in [5, 5.41) is 22.7. The molecule has 3 N–H and O–H groups in total. The van der Waals surface area contributed by atoms with Crippen LogP contribution in [0.5, 0.6) is 11.5 Å².